The molecule has 1 atom stereocenters. The lowest BCUT2D eigenvalue weighted by molar-refractivity contribution is 0.241. The van der Waals surface area contributed by atoms with Crippen LogP contribution in [-0.4, -0.2) is 17.6 Å². The van der Waals surface area contributed by atoms with E-state index in [4.69, 9.17) is 4.74 Å². The number of ether oxygens (including phenoxy) is 1. The van der Waals surface area contributed by atoms with Crippen LogP contribution >= 0.6 is 0 Å². The summed E-state index contributed by atoms with van der Waals surface area (Å²) in [5.74, 6) is 0.829. The van der Waals surface area contributed by atoms with Crippen LogP contribution in [0.2, 0.25) is 0 Å². The van der Waals surface area contributed by atoms with Gasteiger partial charge in [0, 0.05) is 12.2 Å². The highest BCUT2D eigenvalue weighted by Crippen LogP contribution is 2.21. The maximum Gasteiger partial charge on any atom is 0.138 e. The molecule has 0 aliphatic heterocycles. The SMILES string of the molecule is C=CCC(NCCC)c1cncc(OC(C)C)c1. The van der Waals surface area contributed by atoms with Crippen molar-refractivity contribution in [3.8, 4) is 5.75 Å². The van der Waals surface area contributed by atoms with Crippen molar-refractivity contribution < 1.29 is 4.74 Å². The van der Waals surface area contributed by atoms with Gasteiger partial charge in [0.15, 0.2) is 0 Å². The van der Waals surface area contributed by atoms with E-state index in [1.54, 1.807) is 6.20 Å². The number of pyridine rings is 1. The van der Waals surface area contributed by atoms with E-state index in [2.05, 4.69) is 29.9 Å². The lowest BCUT2D eigenvalue weighted by Gasteiger charge is -2.18. The monoisotopic (exact) mass is 248 g/mol. The van der Waals surface area contributed by atoms with Crippen molar-refractivity contribution in [3.63, 3.8) is 0 Å². The second kappa shape index (κ2) is 7.88. The minimum Gasteiger partial charge on any atom is -0.489 e. The third-order valence-electron chi connectivity index (χ3n) is 2.55. The Morgan fingerprint density at radius 2 is 2.22 bits per heavy atom. The highest BCUT2D eigenvalue weighted by atomic mass is 16.5. The first-order chi connectivity index (χ1) is 8.67. The molecule has 3 heteroatoms. The molecule has 0 aromatic carbocycles. The van der Waals surface area contributed by atoms with Crippen molar-refractivity contribution in [2.24, 2.45) is 0 Å². The molecule has 0 aliphatic carbocycles. The Morgan fingerprint density at radius 3 is 2.83 bits per heavy atom. The van der Waals surface area contributed by atoms with E-state index in [1.165, 1.54) is 0 Å². The molecule has 0 bridgehead atoms. The Kier molecular flexibility index (Phi) is 6.44. The van der Waals surface area contributed by atoms with Crippen LogP contribution in [-0.2, 0) is 0 Å². The molecule has 1 aromatic rings. The average molecular weight is 248 g/mol. The first-order valence-electron chi connectivity index (χ1n) is 6.63. The van der Waals surface area contributed by atoms with Gasteiger partial charge in [0.25, 0.3) is 0 Å². The van der Waals surface area contributed by atoms with Gasteiger partial charge < -0.3 is 10.1 Å². The standard InChI is InChI=1S/C15H24N2O/c1-5-7-15(17-8-6-2)13-9-14(11-16-10-13)18-12(3)4/h5,9-12,15,17H,1,6-8H2,2-4H3. The van der Waals surface area contributed by atoms with Gasteiger partial charge in [-0.25, -0.2) is 0 Å². The van der Waals surface area contributed by atoms with Crippen LogP contribution in [0.5, 0.6) is 5.75 Å². The molecular weight excluding hydrogens is 224 g/mol. The van der Waals surface area contributed by atoms with Crippen molar-refractivity contribution in [3.05, 3.63) is 36.7 Å². The lowest BCUT2D eigenvalue weighted by atomic mass is 10.1. The summed E-state index contributed by atoms with van der Waals surface area (Å²) in [6.07, 6.45) is 7.76. The van der Waals surface area contributed by atoms with Gasteiger partial charge in [0.1, 0.15) is 5.75 Å². The summed E-state index contributed by atoms with van der Waals surface area (Å²) in [6.45, 7) is 11.0. The summed E-state index contributed by atoms with van der Waals surface area (Å²) in [4.78, 5) is 4.25. The summed E-state index contributed by atoms with van der Waals surface area (Å²) in [6, 6.07) is 2.33. The van der Waals surface area contributed by atoms with E-state index in [1.807, 2.05) is 26.1 Å². The van der Waals surface area contributed by atoms with Crippen molar-refractivity contribution >= 4 is 0 Å². The van der Waals surface area contributed by atoms with Crippen molar-refractivity contribution in [1.29, 1.82) is 0 Å². The van der Waals surface area contributed by atoms with E-state index in [-0.39, 0.29) is 12.1 Å². The molecule has 0 fully saturated rings. The van der Waals surface area contributed by atoms with Crippen LogP contribution in [0, 0.1) is 0 Å². The lowest BCUT2D eigenvalue weighted by Crippen LogP contribution is -2.22. The van der Waals surface area contributed by atoms with Crippen LogP contribution in [0.1, 0.15) is 45.2 Å². The van der Waals surface area contributed by atoms with Crippen molar-refractivity contribution in [2.75, 3.05) is 6.54 Å². The summed E-state index contributed by atoms with van der Waals surface area (Å²) in [5, 5.41) is 3.50. The molecule has 1 aromatic heterocycles. The number of aromatic nitrogens is 1. The predicted octanol–water partition coefficient (Wildman–Crippen LogP) is 3.49. The highest BCUT2D eigenvalue weighted by molar-refractivity contribution is 5.26. The fourth-order valence-corrected chi connectivity index (χ4v) is 1.79. The van der Waals surface area contributed by atoms with Crippen molar-refractivity contribution in [2.45, 2.75) is 45.8 Å². The molecule has 0 saturated carbocycles. The topological polar surface area (TPSA) is 34.2 Å². The molecule has 18 heavy (non-hydrogen) atoms. The molecule has 3 nitrogen and oxygen atoms in total. The van der Waals surface area contributed by atoms with Gasteiger partial charge in [-0.05, 0) is 44.9 Å². The summed E-state index contributed by atoms with van der Waals surface area (Å²) in [7, 11) is 0. The van der Waals surface area contributed by atoms with Crippen molar-refractivity contribution in [1.82, 2.24) is 10.3 Å². The van der Waals surface area contributed by atoms with E-state index in [0.717, 1.165) is 30.7 Å². The smallest absolute Gasteiger partial charge is 0.138 e. The zero-order valence-electron chi connectivity index (χ0n) is 11.6. The predicted molar refractivity (Wildman–Crippen MR) is 75.8 cm³/mol. The fourth-order valence-electron chi connectivity index (χ4n) is 1.79. The number of nitrogens with one attached hydrogen (secondary N) is 1. The van der Waals surface area contributed by atoms with E-state index >= 15 is 0 Å². The molecule has 0 aliphatic rings. The number of nitrogens with zero attached hydrogens (tertiary/aromatic N) is 1. The molecule has 0 amide bonds. The molecule has 1 N–H and O–H groups in total. The van der Waals surface area contributed by atoms with Crippen LogP contribution in [0.3, 0.4) is 0 Å². The zero-order chi connectivity index (χ0) is 13.4. The molecule has 100 valence electrons. The summed E-state index contributed by atoms with van der Waals surface area (Å²) in [5.41, 5.74) is 1.15. The van der Waals surface area contributed by atoms with Crippen LogP contribution in [0.15, 0.2) is 31.1 Å². The van der Waals surface area contributed by atoms with Gasteiger partial charge >= 0.3 is 0 Å². The molecule has 0 saturated heterocycles. The van der Waals surface area contributed by atoms with Crippen LogP contribution < -0.4 is 10.1 Å². The van der Waals surface area contributed by atoms with Crippen LogP contribution in [0.25, 0.3) is 0 Å². The average Bonchev–Trinajstić information content (AvgIpc) is 2.34. The van der Waals surface area contributed by atoms with Gasteiger partial charge in [-0.1, -0.05) is 13.0 Å². The third-order valence-corrected chi connectivity index (χ3v) is 2.55. The highest BCUT2D eigenvalue weighted by Gasteiger charge is 2.10. The minimum atomic E-state index is 0.170. The van der Waals surface area contributed by atoms with Gasteiger partial charge in [-0.3, -0.25) is 4.98 Å². The normalized spacial score (nSPS) is 12.4. The van der Waals surface area contributed by atoms with E-state index in [0.29, 0.717) is 0 Å². The second-order valence-electron chi connectivity index (χ2n) is 4.65. The Balaban J connectivity index is 2.79. The Hall–Kier alpha value is -1.35. The largest absolute Gasteiger partial charge is 0.489 e. The first-order valence-corrected chi connectivity index (χ1v) is 6.63. The Labute approximate surface area is 110 Å². The molecule has 0 spiro atoms. The van der Waals surface area contributed by atoms with Gasteiger partial charge in [-0.2, -0.15) is 0 Å². The van der Waals surface area contributed by atoms with Gasteiger partial charge in [0.2, 0.25) is 0 Å². The second-order valence-corrected chi connectivity index (χ2v) is 4.65. The summed E-state index contributed by atoms with van der Waals surface area (Å²) < 4.78 is 5.67. The maximum atomic E-state index is 5.67. The van der Waals surface area contributed by atoms with E-state index in [9.17, 15) is 0 Å². The van der Waals surface area contributed by atoms with Gasteiger partial charge in [0.05, 0.1) is 12.3 Å². The summed E-state index contributed by atoms with van der Waals surface area (Å²) >= 11 is 0. The maximum absolute atomic E-state index is 5.67. The number of hydrogen-bond donors (Lipinski definition) is 1. The molecule has 1 rings (SSSR count). The number of hydrogen-bond acceptors (Lipinski definition) is 3. The zero-order valence-corrected chi connectivity index (χ0v) is 11.6. The van der Waals surface area contributed by atoms with Gasteiger partial charge in [-0.15, -0.1) is 6.58 Å². The molecule has 0 radical (unpaired) electrons. The van der Waals surface area contributed by atoms with E-state index < -0.39 is 0 Å². The fraction of sp³-hybridized carbons (Fsp3) is 0.533. The first kappa shape index (κ1) is 14.7. The third kappa shape index (κ3) is 4.88. The number of rotatable bonds is 8. The molecule has 1 unspecified atom stereocenters. The Morgan fingerprint density at radius 1 is 1.44 bits per heavy atom. The quantitative estimate of drug-likeness (QED) is 0.715. The minimum absolute atomic E-state index is 0.170. The Bertz CT molecular complexity index is 363. The molecule has 1 heterocycles. The molecular formula is C15H24N2O. The van der Waals surface area contributed by atoms with Crippen LogP contribution in [0.4, 0.5) is 0 Å².